The molecule has 6 nitrogen and oxygen atoms in total. The van der Waals surface area contributed by atoms with Crippen LogP contribution >= 0.6 is 0 Å². The van der Waals surface area contributed by atoms with E-state index in [-0.39, 0.29) is 13.2 Å². The van der Waals surface area contributed by atoms with Gasteiger partial charge in [0.15, 0.2) is 18.0 Å². The summed E-state index contributed by atoms with van der Waals surface area (Å²) >= 11 is 0. The normalized spacial score (nSPS) is 18.4. The summed E-state index contributed by atoms with van der Waals surface area (Å²) in [6, 6.07) is 0. The Hall–Kier alpha value is -0.690. The van der Waals surface area contributed by atoms with Gasteiger partial charge in [0.1, 0.15) is 0 Å². The molecule has 0 aliphatic heterocycles. The average Bonchev–Trinajstić information content (AvgIpc) is 2.31. The monoisotopic (exact) mass is 250 g/mol. The van der Waals surface area contributed by atoms with E-state index in [0.29, 0.717) is 12.8 Å². The molecule has 0 radical (unpaired) electrons. The van der Waals surface area contributed by atoms with Gasteiger partial charge < -0.3 is 24.8 Å². The third-order valence-corrected chi connectivity index (χ3v) is 2.45. The lowest BCUT2D eigenvalue weighted by Gasteiger charge is -2.33. The van der Waals surface area contributed by atoms with E-state index < -0.39 is 24.0 Å². The number of aliphatic hydroxyl groups is 2. The maximum atomic E-state index is 11.2. The number of rotatable bonds is 9. The fourth-order valence-corrected chi connectivity index (χ4v) is 1.14. The first kappa shape index (κ1) is 16.3. The van der Waals surface area contributed by atoms with E-state index in [1.54, 1.807) is 0 Å². The summed E-state index contributed by atoms with van der Waals surface area (Å²) in [5.74, 6) is -1.37. The highest BCUT2D eigenvalue weighted by Gasteiger charge is 2.49. The van der Waals surface area contributed by atoms with Crippen molar-refractivity contribution in [2.75, 3.05) is 13.2 Å². The molecule has 0 rings (SSSR count). The van der Waals surface area contributed by atoms with Crippen molar-refractivity contribution in [2.24, 2.45) is 5.41 Å². The molecule has 0 aromatic carbocycles. The van der Waals surface area contributed by atoms with Gasteiger partial charge in [-0.3, -0.25) is 4.79 Å². The van der Waals surface area contributed by atoms with Crippen LogP contribution < -0.4 is 0 Å². The van der Waals surface area contributed by atoms with Crippen molar-refractivity contribution in [3.63, 3.8) is 0 Å². The van der Waals surface area contributed by atoms with Gasteiger partial charge >= 0.3 is 5.97 Å². The van der Waals surface area contributed by atoms with Gasteiger partial charge in [0.2, 0.25) is 0 Å². The maximum Gasteiger partial charge on any atom is 0.319 e. The van der Waals surface area contributed by atoms with Gasteiger partial charge in [-0.2, -0.15) is 0 Å². The number of hydrogen-bond acceptors (Lipinski definition) is 5. The molecule has 0 spiro atoms. The first-order valence-corrected chi connectivity index (χ1v) is 5.73. The van der Waals surface area contributed by atoms with Crippen LogP contribution in [0.3, 0.4) is 0 Å². The number of ether oxygens (including phenoxy) is 2. The fraction of sp³-hybridized carbons (Fsp3) is 0.909. The van der Waals surface area contributed by atoms with E-state index in [1.807, 2.05) is 13.8 Å². The molecule has 2 unspecified atom stereocenters. The number of hydrogen-bond donors (Lipinski definition) is 3. The number of carboxylic acids is 1. The van der Waals surface area contributed by atoms with Crippen LogP contribution in [-0.2, 0) is 14.3 Å². The zero-order chi connectivity index (χ0) is 13.5. The molecule has 0 fully saturated rings. The molecule has 0 aromatic rings. The van der Waals surface area contributed by atoms with Crippen molar-refractivity contribution in [2.45, 2.75) is 46.2 Å². The number of aliphatic carboxylic acids is 1. The Labute approximate surface area is 101 Å². The van der Waals surface area contributed by atoms with Crippen molar-refractivity contribution in [1.82, 2.24) is 0 Å². The van der Waals surface area contributed by atoms with Gasteiger partial charge in [-0.25, -0.2) is 0 Å². The Morgan fingerprint density at radius 2 is 1.47 bits per heavy atom. The molecule has 0 saturated carbocycles. The van der Waals surface area contributed by atoms with Crippen LogP contribution in [0.2, 0.25) is 0 Å². The molecular formula is C11H22O6. The molecule has 0 aliphatic carbocycles. The van der Waals surface area contributed by atoms with Crippen LogP contribution in [0.4, 0.5) is 0 Å². The lowest BCUT2D eigenvalue weighted by Crippen LogP contribution is -2.51. The van der Waals surface area contributed by atoms with Crippen molar-refractivity contribution in [3.05, 3.63) is 0 Å². The second-order valence-electron chi connectivity index (χ2n) is 4.03. The van der Waals surface area contributed by atoms with Gasteiger partial charge in [0.05, 0.1) is 0 Å². The minimum absolute atomic E-state index is 0.213. The topological polar surface area (TPSA) is 96.2 Å². The summed E-state index contributed by atoms with van der Waals surface area (Å²) < 4.78 is 9.91. The molecule has 0 aliphatic rings. The molecular weight excluding hydrogens is 228 g/mol. The van der Waals surface area contributed by atoms with Crippen LogP contribution in [0, 0.1) is 5.41 Å². The van der Waals surface area contributed by atoms with Gasteiger partial charge in [0, 0.05) is 13.2 Å². The second-order valence-corrected chi connectivity index (χ2v) is 4.03. The zero-order valence-electron chi connectivity index (χ0n) is 10.5. The molecule has 0 bridgehead atoms. The molecule has 0 aromatic heterocycles. The Kier molecular flexibility index (Phi) is 7.29. The standard InChI is InChI=1S/C11H22O6/c1-4-6-16-9(14)11(3,8(12)13)10(15)17-7-5-2/h9-10,14-15H,4-7H2,1-3H3,(H,12,13). The SMILES string of the molecule is CCCOC(O)C(C)(C(=O)O)C(O)OCCC. The Morgan fingerprint density at radius 1 is 1.12 bits per heavy atom. The first-order chi connectivity index (χ1) is 7.91. The van der Waals surface area contributed by atoms with Crippen LogP contribution in [0.1, 0.15) is 33.6 Å². The molecule has 0 amide bonds. The van der Waals surface area contributed by atoms with E-state index in [0.717, 1.165) is 0 Å². The minimum atomic E-state index is -1.90. The number of carbonyl (C=O) groups is 1. The lowest BCUT2D eigenvalue weighted by atomic mass is 9.89. The van der Waals surface area contributed by atoms with Crippen LogP contribution in [0.5, 0.6) is 0 Å². The quantitative estimate of drug-likeness (QED) is 0.518. The summed E-state index contributed by atoms with van der Waals surface area (Å²) in [7, 11) is 0. The van der Waals surface area contributed by atoms with Crippen LogP contribution in [0.25, 0.3) is 0 Å². The number of aliphatic hydroxyl groups excluding tert-OH is 2. The highest BCUT2D eigenvalue weighted by molar-refractivity contribution is 5.75. The molecule has 0 saturated heterocycles. The second kappa shape index (κ2) is 7.60. The van der Waals surface area contributed by atoms with E-state index >= 15 is 0 Å². The summed E-state index contributed by atoms with van der Waals surface area (Å²) in [6.45, 7) is 5.27. The van der Waals surface area contributed by atoms with Crippen LogP contribution in [-0.4, -0.2) is 47.1 Å². The molecule has 3 N–H and O–H groups in total. The zero-order valence-corrected chi connectivity index (χ0v) is 10.5. The van der Waals surface area contributed by atoms with Crippen LogP contribution in [0.15, 0.2) is 0 Å². The van der Waals surface area contributed by atoms with Gasteiger partial charge in [-0.05, 0) is 19.8 Å². The van der Waals surface area contributed by atoms with Crippen molar-refractivity contribution in [3.8, 4) is 0 Å². The average molecular weight is 250 g/mol. The Bertz CT molecular complexity index is 216. The first-order valence-electron chi connectivity index (χ1n) is 5.73. The van der Waals surface area contributed by atoms with E-state index in [2.05, 4.69) is 0 Å². The molecule has 17 heavy (non-hydrogen) atoms. The highest BCUT2D eigenvalue weighted by atomic mass is 16.6. The highest BCUT2D eigenvalue weighted by Crippen LogP contribution is 2.28. The largest absolute Gasteiger partial charge is 0.481 e. The third-order valence-electron chi connectivity index (χ3n) is 2.45. The fourth-order valence-electron chi connectivity index (χ4n) is 1.14. The van der Waals surface area contributed by atoms with Gasteiger partial charge in [-0.15, -0.1) is 0 Å². The molecule has 0 heterocycles. The Morgan fingerprint density at radius 3 is 1.71 bits per heavy atom. The summed E-state index contributed by atoms with van der Waals surface area (Å²) in [4.78, 5) is 11.2. The molecule has 6 heteroatoms. The van der Waals surface area contributed by atoms with Crippen molar-refractivity contribution >= 4 is 5.97 Å². The smallest absolute Gasteiger partial charge is 0.319 e. The summed E-state index contributed by atoms with van der Waals surface area (Å²) in [5, 5.41) is 28.5. The van der Waals surface area contributed by atoms with Gasteiger partial charge in [-0.1, -0.05) is 13.8 Å². The van der Waals surface area contributed by atoms with Crippen molar-refractivity contribution in [1.29, 1.82) is 0 Å². The van der Waals surface area contributed by atoms with E-state index in [9.17, 15) is 15.0 Å². The third kappa shape index (κ3) is 4.23. The molecule has 2 atom stereocenters. The maximum absolute atomic E-state index is 11.2. The Balaban J connectivity index is 4.69. The molecule has 102 valence electrons. The predicted octanol–water partition coefficient (Wildman–Crippen LogP) is 0.567. The minimum Gasteiger partial charge on any atom is -0.481 e. The predicted molar refractivity (Wildman–Crippen MR) is 60.2 cm³/mol. The van der Waals surface area contributed by atoms with E-state index in [4.69, 9.17) is 14.6 Å². The van der Waals surface area contributed by atoms with E-state index in [1.165, 1.54) is 6.92 Å². The van der Waals surface area contributed by atoms with Crippen molar-refractivity contribution < 1.29 is 29.6 Å². The lowest BCUT2D eigenvalue weighted by molar-refractivity contribution is -0.262. The van der Waals surface area contributed by atoms with Gasteiger partial charge in [0.25, 0.3) is 0 Å². The number of carboxylic acid groups (broad SMARTS) is 1. The summed E-state index contributed by atoms with van der Waals surface area (Å²) in [5.41, 5.74) is -1.90. The summed E-state index contributed by atoms with van der Waals surface area (Å²) in [6.07, 6.45) is -1.96.